The Morgan fingerprint density at radius 1 is 1.21 bits per heavy atom. The van der Waals surface area contributed by atoms with Crippen molar-refractivity contribution in [2.75, 3.05) is 14.2 Å². The van der Waals surface area contributed by atoms with E-state index in [0.717, 1.165) is 31.2 Å². The van der Waals surface area contributed by atoms with Gasteiger partial charge in [-0.15, -0.1) is 0 Å². The third-order valence-electron chi connectivity index (χ3n) is 6.12. The lowest BCUT2D eigenvalue weighted by Gasteiger charge is -2.30. The van der Waals surface area contributed by atoms with Gasteiger partial charge >= 0.3 is 0 Å². The Balaban J connectivity index is 1.59. The highest BCUT2D eigenvalue weighted by atomic mass is 79.9. The number of hydrogen-bond acceptors (Lipinski definition) is 4. The van der Waals surface area contributed by atoms with Gasteiger partial charge in [-0.3, -0.25) is 9.69 Å². The normalized spacial score (nSPS) is 18.4. The fraction of sp³-hybridized carbons (Fsp3) is 0.360. The molecule has 2 aromatic carbocycles. The Hall–Kier alpha value is -2.45. The van der Waals surface area contributed by atoms with Gasteiger partial charge in [0.2, 0.25) is 0 Å². The molecule has 8 heteroatoms. The molecule has 2 aliphatic rings. The summed E-state index contributed by atoms with van der Waals surface area (Å²) in [5.41, 5.74) is 1.74. The van der Waals surface area contributed by atoms with E-state index in [-0.39, 0.29) is 24.4 Å². The maximum Gasteiger partial charge on any atom is 0.277 e. The van der Waals surface area contributed by atoms with Crippen LogP contribution in [0.4, 0.5) is 4.39 Å². The number of thiocarbonyl (C=S) groups is 1. The molecule has 2 aromatic rings. The summed E-state index contributed by atoms with van der Waals surface area (Å²) in [5, 5.41) is 0.550. The Labute approximate surface area is 207 Å². The number of carbonyl (C=O) groups is 1. The van der Waals surface area contributed by atoms with E-state index in [4.69, 9.17) is 21.7 Å². The molecule has 174 valence electrons. The molecule has 0 bridgehead atoms. The molecule has 0 unspecified atom stereocenters. The third kappa shape index (κ3) is 4.92. The van der Waals surface area contributed by atoms with Gasteiger partial charge in [0, 0.05) is 18.7 Å². The molecule has 1 amide bonds. The first kappa shape index (κ1) is 23.7. The molecule has 1 aliphatic carbocycles. The second-order valence-corrected chi connectivity index (χ2v) is 9.47. The quantitative estimate of drug-likeness (QED) is 0.341. The van der Waals surface area contributed by atoms with Crippen LogP contribution in [-0.4, -0.2) is 41.0 Å². The van der Waals surface area contributed by atoms with Crippen LogP contribution in [0.15, 0.2) is 46.6 Å². The number of carbonyl (C=O) groups excluding carboxylic acids is 1. The number of likely N-dealkylation sites (N-methyl/N-ethyl adjacent to an activating group) is 1. The molecule has 5 nitrogen and oxygen atoms in total. The monoisotopic (exact) mass is 532 g/mol. The number of benzene rings is 2. The molecule has 1 saturated heterocycles. The van der Waals surface area contributed by atoms with E-state index in [0.29, 0.717) is 32.3 Å². The van der Waals surface area contributed by atoms with Crippen LogP contribution in [0.25, 0.3) is 6.08 Å². The van der Waals surface area contributed by atoms with E-state index in [1.807, 2.05) is 19.2 Å². The molecule has 0 spiro atoms. The molecular formula is C25H26BrFN2O3S. The van der Waals surface area contributed by atoms with Gasteiger partial charge in [0.1, 0.15) is 18.1 Å². The maximum atomic E-state index is 14.0. The van der Waals surface area contributed by atoms with E-state index >= 15 is 0 Å². The number of methoxy groups -OCH3 is 1. The van der Waals surface area contributed by atoms with Crippen LogP contribution in [0.1, 0.15) is 43.2 Å². The molecule has 1 saturated carbocycles. The van der Waals surface area contributed by atoms with Crippen LogP contribution in [0.2, 0.25) is 0 Å². The number of rotatable bonds is 6. The predicted octanol–water partition coefficient (Wildman–Crippen LogP) is 5.91. The highest BCUT2D eigenvalue weighted by Crippen LogP contribution is 2.39. The summed E-state index contributed by atoms with van der Waals surface area (Å²) in [4.78, 5) is 16.8. The molecule has 33 heavy (non-hydrogen) atoms. The first-order chi connectivity index (χ1) is 15.9. The fourth-order valence-corrected chi connectivity index (χ4v) is 5.23. The standard InChI is InChI=1S/C25H26BrFN2O3S/c1-28-21(24(30)29(25(28)33)18-9-4-3-5-10-18)13-16-12-19(26)23(22(14-16)31-2)32-15-17-8-6-7-11-20(17)27/h6-8,11-14,18H,3-5,9-10,15H2,1-2H3/b21-13-. The minimum Gasteiger partial charge on any atom is -0.493 e. The van der Waals surface area contributed by atoms with Crippen molar-refractivity contribution >= 4 is 45.2 Å². The third-order valence-corrected chi connectivity index (χ3v) is 7.18. The molecular weight excluding hydrogens is 507 g/mol. The minimum absolute atomic E-state index is 0.0634. The van der Waals surface area contributed by atoms with E-state index in [2.05, 4.69) is 15.9 Å². The van der Waals surface area contributed by atoms with Crippen molar-refractivity contribution in [3.05, 3.63) is 63.5 Å². The summed E-state index contributed by atoms with van der Waals surface area (Å²) in [7, 11) is 3.37. The Morgan fingerprint density at radius 2 is 1.94 bits per heavy atom. The van der Waals surface area contributed by atoms with Crippen molar-refractivity contribution in [3.8, 4) is 11.5 Å². The SMILES string of the molecule is COc1cc(/C=C2/C(=O)N(C3CCCCC3)C(=S)N2C)cc(Br)c1OCc1ccccc1F. The highest BCUT2D eigenvalue weighted by Gasteiger charge is 2.40. The maximum absolute atomic E-state index is 14.0. The van der Waals surface area contributed by atoms with Crippen molar-refractivity contribution in [2.45, 2.75) is 44.8 Å². The van der Waals surface area contributed by atoms with Crippen LogP contribution >= 0.6 is 28.1 Å². The van der Waals surface area contributed by atoms with E-state index < -0.39 is 0 Å². The van der Waals surface area contributed by atoms with Crippen LogP contribution in [0.5, 0.6) is 11.5 Å². The number of nitrogens with zero attached hydrogens (tertiary/aromatic N) is 2. The topological polar surface area (TPSA) is 42.0 Å². The van der Waals surface area contributed by atoms with Crippen molar-refractivity contribution in [3.63, 3.8) is 0 Å². The molecule has 0 N–H and O–H groups in total. The van der Waals surface area contributed by atoms with Crippen molar-refractivity contribution < 1.29 is 18.7 Å². The molecule has 1 aliphatic heterocycles. The summed E-state index contributed by atoms with van der Waals surface area (Å²) in [6.45, 7) is 0.0634. The molecule has 4 rings (SSSR count). The first-order valence-corrected chi connectivity index (χ1v) is 12.2. The summed E-state index contributed by atoms with van der Waals surface area (Å²) in [6.07, 6.45) is 7.24. The average Bonchev–Trinajstić information content (AvgIpc) is 3.02. The lowest BCUT2D eigenvalue weighted by molar-refractivity contribution is -0.124. The van der Waals surface area contributed by atoms with Gasteiger partial charge in [0.25, 0.3) is 5.91 Å². The Morgan fingerprint density at radius 3 is 2.64 bits per heavy atom. The number of ether oxygens (including phenoxy) is 2. The first-order valence-electron chi connectivity index (χ1n) is 11.0. The fourth-order valence-electron chi connectivity index (χ4n) is 4.32. The number of amides is 1. The van der Waals surface area contributed by atoms with Crippen molar-refractivity contribution in [1.82, 2.24) is 9.80 Å². The highest BCUT2D eigenvalue weighted by molar-refractivity contribution is 9.10. The lowest BCUT2D eigenvalue weighted by atomic mass is 9.94. The lowest BCUT2D eigenvalue weighted by Crippen LogP contribution is -2.41. The minimum atomic E-state index is -0.324. The summed E-state index contributed by atoms with van der Waals surface area (Å²) in [5.74, 6) is 0.556. The van der Waals surface area contributed by atoms with E-state index in [1.54, 1.807) is 41.2 Å². The van der Waals surface area contributed by atoms with Crippen LogP contribution < -0.4 is 9.47 Å². The second-order valence-electron chi connectivity index (χ2n) is 8.25. The van der Waals surface area contributed by atoms with Crippen molar-refractivity contribution in [2.24, 2.45) is 0 Å². The zero-order valence-corrected chi connectivity index (χ0v) is 21.0. The molecule has 0 radical (unpaired) electrons. The zero-order chi connectivity index (χ0) is 23.5. The van der Waals surface area contributed by atoms with Gasteiger partial charge in [0.15, 0.2) is 16.6 Å². The Bertz CT molecular complexity index is 1100. The van der Waals surface area contributed by atoms with E-state index in [1.165, 1.54) is 12.5 Å². The van der Waals surface area contributed by atoms with Crippen LogP contribution in [-0.2, 0) is 11.4 Å². The number of halogens is 2. The van der Waals surface area contributed by atoms with Gasteiger partial charge in [-0.25, -0.2) is 4.39 Å². The molecule has 0 aromatic heterocycles. The van der Waals surface area contributed by atoms with Crippen molar-refractivity contribution in [1.29, 1.82) is 0 Å². The summed E-state index contributed by atoms with van der Waals surface area (Å²) in [6, 6.07) is 10.3. The van der Waals surface area contributed by atoms with Gasteiger partial charge in [-0.05, 0) is 70.8 Å². The molecule has 0 atom stereocenters. The second kappa shape index (κ2) is 10.2. The largest absolute Gasteiger partial charge is 0.493 e. The summed E-state index contributed by atoms with van der Waals surface area (Å²) >= 11 is 9.14. The van der Waals surface area contributed by atoms with Gasteiger partial charge in [0.05, 0.1) is 11.6 Å². The molecule has 1 heterocycles. The smallest absolute Gasteiger partial charge is 0.277 e. The molecule has 2 fully saturated rings. The Kier molecular flexibility index (Phi) is 7.34. The van der Waals surface area contributed by atoms with Crippen LogP contribution in [0, 0.1) is 5.82 Å². The van der Waals surface area contributed by atoms with Crippen LogP contribution in [0.3, 0.4) is 0 Å². The van der Waals surface area contributed by atoms with E-state index in [9.17, 15) is 9.18 Å². The summed E-state index contributed by atoms with van der Waals surface area (Å²) < 4.78 is 26.0. The number of hydrogen-bond donors (Lipinski definition) is 0. The van der Waals surface area contributed by atoms with Gasteiger partial charge in [-0.2, -0.15) is 0 Å². The predicted molar refractivity (Wildman–Crippen MR) is 133 cm³/mol. The van der Waals surface area contributed by atoms with Gasteiger partial charge in [-0.1, -0.05) is 37.5 Å². The zero-order valence-electron chi connectivity index (χ0n) is 18.6. The average molecular weight is 533 g/mol. The van der Waals surface area contributed by atoms with Gasteiger partial charge < -0.3 is 14.4 Å².